The third-order valence-electron chi connectivity index (χ3n) is 3.44. The highest BCUT2D eigenvalue weighted by molar-refractivity contribution is 5.91. The molecule has 0 amide bonds. The molecule has 0 aliphatic carbocycles. The van der Waals surface area contributed by atoms with Crippen LogP contribution in [0.15, 0.2) is 36.5 Å². The van der Waals surface area contributed by atoms with Crippen LogP contribution >= 0.6 is 0 Å². The Morgan fingerprint density at radius 3 is 3.06 bits per heavy atom. The average molecular weight is 227 g/mol. The Hall–Kier alpha value is -1.61. The molecule has 3 rings (SSSR count). The van der Waals surface area contributed by atoms with Gasteiger partial charge in [-0.05, 0) is 19.1 Å². The minimum absolute atomic E-state index is 0.537. The first-order valence-corrected chi connectivity index (χ1v) is 6.17. The second-order valence-corrected chi connectivity index (χ2v) is 4.59. The topological polar surface area (TPSA) is 28.2 Å². The lowest BCUT2D eigenvalue weighted by Gasteiger charge is -2.36. The maximum atomic E-state index is 4.42. The van der Waals surface area contributed by atoms with Gasteiger partial charge in [0.1, 0.15) is 0 Å². The molecule has 1 aliphatic rings. The van der Waals surface area contributed by atoms with Crippen molar-refractivity contribution in [3.05, 3.63) is 36.5 Å². The van der Waals surface area contributed by atoms with Gasteiger partial charge in [0.05, 0.1) is 5.52 Å². The smallest absolute Gasteiger partial charge is 0.0722 e. The van der Waals surface area contributed by atoms with Crippen LogP contribution in [0.3, 0.4) is 0 Å². The van der Waals surface area contributed by atoms with Crippen molar-refractivity contribution in [2.24, 2.45) is 0 Å². The summed E-state index contributed by atoms with van der Waals surface area (Å²) in [4.78, 5) is 6.89. The SMILES string of the molecule is CC1CNCCN1c1ccnc2ccccc12. The lowest BCUT2D eigenvalue weighted by molar-refractivity contribution is 0.502. The molecule has 1 atom stereocenters. The first-order valence-electron chi connectivity index (χ1n) is 6.17. The molecule has 0 bridgehead atoms. The number of anilines is 1. The van der Waals surface area contributed by atoms with Crippen molar-refractivity contribution < 1.29 is 0 Å². The quantitative estimate of drug-likeness (QED) is 0.808. The van der Waals surface area contributed by atoms with E-state index < -0.39 is 0 Å². The molecular formula is C14H17N3. The molecule has 0 saturated carbocycles. The summed E-state index contributed by atoms with van der Waals surface area (Å²) >= 11 is 0. The Bertz CT molecular complexity index is 518. The molecule has 3 nitrogen and oxygen atoms in total. The number of para-hydroxylation sites is 1. The third kappa shape index (κ3) is 1.87. The number of hydrogen-bond acceptors (Lipinski definition) is 3. The number of pyridine rings is 1. The van der Waals surface area contributed by atoms with Crippen LogP contribution in [0.4, 0.5) is 5.69 Å². The molecule has 1 aliphatic heterocycles. The van der Waals surface area contributed by atoms with Crippen molar-refractivity contribution in [3.63, 3.8) is 0 Å². The molecule has 1 saturated heterocycles. The lowest BCUT2D eigenvalue weighted by atomic mass is 10.1. The zero-order valence-corrected chi connectivity index (χ0v) is 10.1. The van der Waals surface area contributed by atoms with Crippen LogP contribution in [0.25, 0.3) is 10.9 Å². The van der Waals surface area contributed by atoms with Gasteiger partial charge in [-0.25, -0.2) is 0 Å². The zero-order chi connectivity index (χ0) is 11.7. The summed E-state index contributed by atoms with van der Waals surface area (Å²) in [6.45, 7) is 5.44. The van der Waals surface area contributed by atoms with Gasteiger partial charge in [0.2, 0.25) is 0 Å². The van der Waals surface area contributed by atoms with Crippen LogP contribution in [0.2, 0.25) is 0 Å². The fraction of sp³-hybridized carbons (Fsp3) is 0.357. The van der Waals surface area contributed by atoms with Crippen LogP contribution in [0.5, 0.6) is 0 Å². The molecule has 0 spiro atoms. The summed E-state index contributed by atoms with van der Waals surface area (Å²) in [6.07, 6.45) is 1.91. The monoisotopic (exact) mass is 227 g/mol. The Kier molecular flexibility index (Phi) is 2.69. The number of rotatable bonds is 1. The van der Waals surface area contributed by atoms with Crippen LogP contribution in [0, 0.1) is 0 Å². The summed E-state index contributed by atoms with van der Waals surface area (Å²) in [5.41, 5.74) is 2.39. The van der Waals surface area contributed by atoms with E-state index in [0.717, 1.165) is 25.2 Å². The molecule has 1 N–H and O–H groups in total. The second-order valence-electron chi connectivity index (χ2n) is 4.59. The van der Waals surface area contributed by atoms with Crippen LogP contribution in [-0.2, 0) is 0 Å². The molecule has 17 heavy (non-hydrogen) atoms. The molecule has 1 aromatic heterocycles. The van der Waals surface area contributed by atoms with E-state index in [1.807, 2.05) is 12.3 Å². The summed E-state index contributed by atoms with van der Waals surface area (Å²) in [7, 11) is 0. The molecule has 3 heteroatoms. The summed E-state index contributed by atoms with van der Waals surface area (Å²) < 4.78 is 0. The Morgan fingerprint density at radius 2 is 2.18 bits per heavy atom. The fourth-order valence-electron chi connectivity index (χ4n) is 2.53. The Morgan fingerprint density at radius 1 is 1.29 bits per heavy atom. The Labute approximate surface area is 101 Å². The van der Waals surface area contributed by atoms with Crippen LogP contribution in [0.1, 0.15) is 6.92 Å². The van der Waals surface area contributed by atoms with E-state index in [0.29, 0.717) is 6.04 Å². The maximum Gasteiger partial charge on any atom is 0.0722 e. The van der Waals surface area contributed by atoms with E-state index in [1.54, 1.807) is 0 Å². The van der Waals surface area contributed by atoms with Crippen molar-refractivity contribution in [1.82, 2.24) is 10.3 Å². The number of nitrogens with one attached hydrogen (secondary N) is 1. The van der Waals surface area contributed by atoms with Gasteiger partial charge >= 0.3 is 0 Å². The van der Waals surface area contributed by atoms with Crippen molar-refractivity contribution >= 4 is 16.6 Å². The van der Waals surface area contributed by atoms with E-state index in [1.165, 1.54) is 11.1 Å². The van der Waals surface area contributed by atoms with E-state index >= 15 is 0 Å². The van der Waals surface area contributed by atoms with Crippen molar-refractivity contribution in [2.75, 3.05) is 24.5 Å². The highest BCUT2D eigenvalue weighted by atomic mass is 15.2. The minimum Gasteiger partial charge on any atom is -0.366 e. The number of hydrogen-bond donors (Lipinski definition) is 1. The van der Waals surface area contributed by atoms with Crippen LogP contribution < -0.4 is 10.2 Å². The van der Waals surface area contributed by atoms with Gasteiger partial charge in [0, 0.05) is 42.9 Å². The zero-order valence-electron chi connectivity index (χ0n) is 10.1. The summed E-state index contributed by atoms with van der Waals surface area (Å²) in [6, 6.07) is 11.0. The van der Waals surface area contributed by atoms with Crippen molar-refractivity contribution in [1.29, 1.82) is 0 Å². The maximum absolute atomic E-state index is 4.42. The van der Waals surface area contributed by atoms with Gasteiger partial charge in [-0.15, -0.1) is 0 Å². The van der Waals surface area contributed by atoms with Gasteiger partial charge in [0.25, 0.3) is 0 Å². The van der Waals surface area contributed by atoms with Gasteiger partial charge in [-0.1, -0.05) is 18.2 Å². The van der Waals surface area contributed by atoms with E-state index in [-0.39, 0.29) is 0 Å². The molecule has 2 aromatic rings. The molecule has 1 unspecified atom stereocenters. The van der Waals surface area contributed by atoms with E-state index in [2.05, 4.69) is 46.4 Å². The standard InChI is InChI=1S/C14H17N3/c1-11-10-15-8-9-17(11)14-6-7-16-13-5-3-2-4-12(13)14/h2-7,11,15H,8-10H2,1H3. The average Bonchev–Trinajstić information content (AvgIpc) is 2.39. The summed E-state index contributed by atoms with van der Waals surface area (Å²) in [5, 5.41) is 4.68. The first-order chi connectivity index (χ1) is 8.36. The number of aromatic nitrogens is 1. The largest absolute Gasteiger partial charge is 0.366 e. The van der Waals surface area contributed by atoms with Gasteiger partial charge in [0.15, 0.2) is 0 Å². The molecular weight excluding hydrogens is 210 g/mol. The number of fused-ring (bicyclic) bond motifs is 1. The number of piperazine rings is 1. The Balaban J connectivity index is 2.10. The summed E-state index contributed by atoms with van der Waals surface area (Å²) in [5.74, 6) is 0. The second kappa shape index (κ2) is 4.34. The molecule has 1 fully saturated rings. The number of benzene rings is 1. The van der Waals surface area contributed by atoms with E-state index in [4.69, 9.17) is 0 Å². The predicted octanol–water partition coefficient (Wildman–Crippen LogP) is 2.03. The predicted molar refractivity (Wildman–Crippen MR) is 71.4 cm³/mol. The van der Waals surface area contributed by atoms with Crippen molar-refractivity contribution in [3.8, 4) is 0 Å². The van der Waals surface area contributed by atoms with Gasteiger partial charge in [-0.2, -0.15) is 0 Å². The lowest BCUT2D eigenvalue weighted by Crippen LogP contribution is -2.50. The first kappa shape index (κ1) is 10.5. The van der Waals surface area contributed by atoms with Crippen molar-refractivity contribution in [2.45, 2.75) is 13.0 Å². The third-order valence-corrected chi connectivity index (χ3v) is 3.44. The van der Waals surface area contributed by atoms with Crippen LogP contribution in [-0.4, -0.2) is 30.7 Å². The highest BCUT2D eigenvalue weighted by Gasteiger charge is 2.19. The minimum atomic E-state index is 0.537. The molecule has 88 valence electrons. The fourth-order valence-corrected chi connectivity index (χ4v) is 2.53. The normalized spacial score (nSPS) is 20.8. The van der Waals surface area contributed by atoms with Gasteiger partial charge < -0.3 is 10.2 Å². The van der Waals surface area contributed by atoms with Gasteiger partial charge in [-0.3, -0.25) is 4.98 Å². The number of nitrogens with zero attached hydrogens (tertiary/aromatic N) is 2. The molecule has 0 radical (unpaired) electrons. The highest BCUT2D eigenvalue weighted by Crippen LogP contribution is 2.26. The molecule has 1 aromatic carbocycles. The van der Waals surface area contributed by atoms with E-state index in [9.17, 15) is 0 Å². The molecule has 2 heterocycles.